The first-order chi connectivity index (χ1) is 8.75. The maximum atomic E-state index is 6.67. The number of rotatable bonds is 3. The van der Waals surface area contributed by atoms with Gasteiger partial charge in [-0.05, 0) is 37.7 Å². The highest BCUT2D eigenvalue weighted by molar-refractivity contribution is 6.20. The smallest absolute Gasteiger partial charge is 0.0404 e. The standard InChI is InChI=1S/C17H25Cl/c1-14-8-7-9-15(12-14)13-17(18)16-10-5-3-2-4-6-11-16/h7-9,12,16-17H,2-6,10-11,13H2,1H3. The number of hydrogen-bond acceptors (Lipinski definition) is 0. The van der Waals surface area contributed by atoms with Crippen LogP contribution in [0.4, 0.5) is 0 Å². The van der Waals surface area contributed by atoms with Crippen molar-refractivity contribution in [2.24, 2.45) is 5.92 Å². The largest absolute Gasteiger partial charge is 0.122 e. The zero-order valence-corrected chi connectivity index (χ0v) is 12.3. The molecule has 100 valence electrons. The monoisotopic (exact) mass is 264 g/mol. The number of aryl methyl sites for hydroxylation is 1. The molecule has 1 fully saturated rings. The molecule has 1 heteroatoms. The predicted molar refractivity (Wildman–Crippen MR) is 80.3 cm³/mol. The molecule has 1 aromatic carbocycles. The summed E-state index contributed by atoms with van der Waals surface area (Å²) in [7, 11) is 0. The van der Waals surface area contributed by atoms with Crippen molar-refractivity contribution in [3.8, 4) is 0 Å². The van der Waals surface area contributed by atoms with Crippen LogP contribution >= 0.6 is 11.6 Å². The van der Waals surface area contributed by atoms with E-state index in [4.69, 9.17) is 11.6 Å². The van der Waals surface area contributed by atoms with Crippen LogP contribution in [0, 0.1) is 12.8 Å². The molecule has 0 aliphatic heterocycles. The molecule has 2 rings (SSSR count). The van der Waals surface area contributed by atoms with Gasteiger partial charge in [0.2, 0.25) is 0 Å². The number of halogens is 1. The van der Waals surface area contributed by atoms with Gasteiger partial charge in [-0.1, -0.05) is 61.9 Å². The molecule has 1 aliphatic carbocycles. The molecule has 0 radical (unpaired) electrons. The van der Waals surface area contributed by atoms with Crippen molar-refractivity contribution in [3.63, 3.8) is 0 Å². The summed E-state index contributed by atoms with van der Waals surface area (Å²) in [5, 5.41) is 0.324. The Balaban J connectivity index is 1.91. The van der Waals surface area contributed by atoms with Gasteiger partial charge in [-0.3, -0.25) is 0 Å². The summed E-state index contributed by atoms with van der Waals surface area (Å²) >= 11 is 6.67. The zero-order valence-electron chi connectivity index (χ0n) is 11.5. The molecule has 0 spiro atoms. The van der Waals surface area contributed by atoms with Crippen LogP contribution < -0.4 is 0 Å². The molecular formula is C17H25Cl. The Morgan fingerprint density at radius 2 is 1.78 bits per heavy atom. The lowest BCUT2D eigenvalue weighted by Gasteiger charge is -2.24. The van der Waals surface area contributed by atoms with Crippen LogP contribution in [0.2, 0.25) is 0 Å². The third-order valence-electron chi connectivity index (χ3n) is 4.17. The molecule has 1 aromatic rings. The second kappa shape index (κ2) is 7.19. The van der Waals surface area contributed by atoms with Crippen molar-refractivity contribution < 1.29 is 0 Å². The van der Waals surface area contributed by atoms with E-state index in [9.17, 15) is 0 Å². The summed E-state index contributed by atoms with van der Waals surface area (Å²) in [6.45, 7) is 2.16. The Hall–Kier alpha value is -0.490. The van der Waals surface area contributed by atoms with Crippen molar-refractivity contribution in [3.05, 3.63) is 35.4 Å². The molecule has 0 bridgehead atoms. The van der Waals surface area contributed by atoms with Crippen molar-refractivity contribution in [1.29, 1.82) is 0 Å². The van der Waals surface area contributed by atoms with Gasteiger partial charge in [0.15, 0.2) is 0 Å². The predicted octanol–water partition coefficient (Wildman–Crippen LogP) is 5.51. The molecule has 0 aromatic heterocycles. The Labute approximate surface area is 117 Å². The summed E-state index contributed by atoms with van der Waals surface area (Å²) in [5.41, 5.74) is 2.74. The van der Waals surface area contributed by atoms with E-state index in [1.54, 1.807) is 0 Å². The van der Waals surface area contributed by atoms with Crippen LogP contribution in [-0.4, -0.2) is 5.38 Å². The summed E-state index contributed by atoms with van der Waals surface area (Å²) in [6.07, 6.45) is 10.7. The maximum Gasteiger partial charge on any atom is 0.0404 e. The average Bonchev–Trinajstić information content (AvgIpc) is 2.28. The zero-order chi connectivity index (χ0) is 12.8. The van der Waals surface area contributed by atoms with E-state index in [1.807, 2.05) is 0 Å². The molecule has 18 heavy (non-hydrogen) atoms. The van der Waals surface area contributed by atoms with E-state index >= 15 is 0 Å². The lowest BCUT2D eigenvalue weighted by Crippen LogP contribution is -2.18. The van der Waals surface area contributed by atoms with E-state index < -0.39 is 0 Å². The van der Waals surface area contributed by atoms with Gasteiger partial charge in [0, 0.05) is 5.38 Å². The maximum absolute atomic E-state index is 6.67. The van der Waals surface area contributed by atoms with Crippen molar-refractivity contribution in [2.75, 3.05) is 0 Å². The fourth-order valence-electron chi connectivity index (χ4n) is 3.08. The normalized spacial score (nSPS) is 20.1. The van der Waals surface area contributed by atoms with E-state index in [-0.39, 0.29) is 0 Å². The van der Waals surface area contributed by atoms with Crippen LogP contribution in [0.3, 0.4) is 0 Å². The average molecular weight is 265 g/mol. The molecule has 0 nitrogen and oxygen atoms in total. The minimum Gasteiger partial charge on any atom is -0.122 e. The fourth-order valence-corrected chi connectivity index (χ4v) is 3.51. The van der Waals surface area contributed by atoms with E-state index in [2.05, 4.69) is 31.2 Å². The van der Waals surface area contributed by atoms with Crippen molar-refractivity contribution >= 4 is 11.6 Å². The first-order valence-electron chi connectivity index (χ1n) is 7.45. The molecule has 1 atom stereocenters. The van der Waals surface area contributed by atoms with E-state index in [1.165, 1.54) is 56.1 Å². The molecule has 1 unspecified atom stereocenters. The quantitative estimate of drug-likeness (QED) is 0.632. The fraction of sp³-hybridized carbons (Fsp3) is 0.647. The van der Waals surface area contributed by atoms with Crippen molar-refractivity contribution in [1.82, 2.24) is 0 Å². The topological polar surface area (TPSA) is 0 Å². The molecule has 0 saturated heterocycles. The second-order valence-corrected chi connectivity index (χ2v) is 6.37. The van der Waals surface area contributed by atoms with Gasteiger partial charge in [0.05, 0.1) is 0 Å². The van der Waals surface area contributed by atoms with Crippen LogP contribution in [-0.2, 0) is 6.42 Å². The first kappa shape index (κ1) is 13.9. The third-order valence-corrected chi connectivity index (χ3v) is 4.69. The minimum absolute atomic E-state index is 0.324. The van der Waals surface area contributed by atoms with Crippen LogP contribution in [0.25, 0.3) is 0 Å². The molecule has 0 amide bonds. The minimum atomic E-state index is 0.324. The Kier molecular flexibility index (Phi) is 5.56. The summed E-state index contributed by atoms with van der Waals surface area (Å²) in [6, 6.07) is 8.79. The van der Waals surface area contributed by atoms with Gasteiger partial charge in [0.1, 0.15) is 0 Å². The van der Waals surface area contributed by atoms with Crippen LogP contribution in [0.5, 0.6) is 0 Å². The van der Waals surface area contributed by atoms with Crippen LogP contribution in [0.1, 0.15) is 56.1 Å². The van der Waals surface area contributed by atoms with Gasteiger partial charge in [-0.2, -0.15) is 0 Å². The molecule has 1 aliphatic rings. The highest BCUT2D eigenvalue weighted by Crippen LogP contribution is 2.29. The second-order valence-electron chi connectivity index (χ2n) is 5.81. The van der Waals surface area contributed by atoms with Crippen LogP contribution in [0.15, 0.2) is 24.3 Å². The number of alkyl halides is 1. The molecular weight excluding hydrogens is 240 g/mol. The SMILES string of the molecule is Cc1cccc(CC(Cl)C2CCCCCCC2)c1. The summed E-state index contributed by atoms with van der Waals surface area (Å²) in [5.74, 6) is 0.729. The summed E-state index contributed by atoms with van der Waals surface area (Å²) in [4.78, 5) is 0. The van der Waals surface area contributed by atoms with Gasteiger partial charge in [0.25, 0.3) is 0 Å². The van der Waals surface area contributed by atoms with Gasteiger partial charge in [-0.15, -0.1) is 11.6 Å². The van der Waals surface area contributed by atoms with E-state index in [0.717, 1.165) is 12.3 Å². The Bertz CT molecular complexity index is 350. The molecule has 1 saturated carbocycles. The lowest BCUT2D eigenvalue weighted by molar-refractivity contribution is 0.364. The molecule has 0 N–H and O–H groups in total. The van der Waals surface area contributed by atoms with E-state index in [0.29, 0.717) is 5.38 Å². The van der Waals surface area contributed by atoms with Gasteiger partial charge < -0.3 is 0 Å². The Morgan fingerprint density at radius 1 is 1.11 bits per heavy atom. The highest BCUT2D eigenvalue weighted by atomic mass is 35.5. The van der Waals surface area contributed by atoms with Crippen molar-refractivity contribution in [2.45, 2.75) is 63.7 Å². The highest BCUT2D eigenvalue weighted by Gasteiger charge is 2.20. The number of benzene rings is 1. The lowest BCUT2D eigenvalue weighted by atomic mass is 9.86. The van der Waals surface area contributed by atoms with Gasteiger partial charge >= 0.3 is 0 Å². The number of hydrogen-bond donors (Lipinski definition) is 0. The first-order valence-corrected chi connectivity index (χ1v) is 7.89. The van der Waals surface area contributed by atoms with Gasteiger partial charge in [-0.25, -0.2) is 0 Å². The summed E-state index contributed by atoms with van der Waals surface area (Å²) < 4.78 is 0. The third kappa shape index (κ3) is 4.31. The molecule has 0 heterocycles. The Morgan fingerprint density at radius 3 is 2.44 bits per heavy atom.